The highest BCUT2D eigenvalue weighted by atomic mass is 16.5. The predicted molar refractivity (Wildman–Crippen MR) is 64.7 cm³/mol. The predicted octanol–water partition coefficient (Wildman–Crippen LogP) is 2.84. The van der Waals surface area contributed by atoms with Crippen molar-refractivity contribution in [3.8, 4) is 0 Å². The molecule has 0 fully saturated rings. The number of ether oxygens (including phenoxy) is 1. The first-order valence-electron chi connectivity index (χ1n) is 5.99. The van der Waals surface area contributed by atoms with Gasteiger partial charge in [-0.15, -0.1) is 0 Å². The molecular weight excluding hydrogens is 202 g/mol. The van der Waals surface area contributed by atoms with Gasteiger partial charge in [-0.2, -0.15) is 0 Å². The number of hydrogen-bond donors (Lipinski definition) is 0. The van der Waals surface area contributed by atoms with Gasteiger partial charge in [0.25, 0.3) is 0 Å². The Hall–Kier alpha value is -1.25. The summed E-state index contributed by atoms with van der Waals surface area (Å²) in [7, 11) is 1.90. The second-order valence-corrected chi connectivity index (χ2v) is 3.98. The van der Waals surface area contributed by atoms with Crippen LogP contribution >= 0.6 is 0 Å². The molecule has 0 bridgehead atoms. The number of allylic oxidation sites excluding steroid dienone is 2. The lowest BCUT2D eigenvalue weighted by Gasteiger charge is -2.24. The summed E-state index contributed by atoms with van der Waals surface area (Å²) in [6.45, 7) is 4.43. The van der Waals surface area contributed by atoms with Crippen LogP contribution in [0.15, 0.2) is 23.5 Å². The fraction of sp³-hybridized carbons (Fsp3) is 0.615. The second kappa shape index (κ2) is 6.36. The van der Waals surface area contributed by atoms with Crippen molar-refractivity contribution >= 4 is 5.97 Å². The van der Waals surface area contributed by atoms with Crippen LogP contribution in [0.2, 0.25) is 0 Å². The summed E-state index contributed by atoms with van der Waals surface area (Å²) in [6.07, 6.45) is 8.15. The van der Waals surface area contributed by atoms with Gasteiger partial charge in [-0.3, -0.25) is 0 Å². The molecule has 0 aromatic carbocycles. The lowest BCUT2D eigenvalue weighted by atomic mass is 10.0. The number of rotatable bonds is 5. The van der Waals surface area contributed by atoms with Gasteiger partial charge in [0.15, 0.2) is 0 Å². The molecule has 3 nitrogen and oxygen atoms in total. The van der Waals surface area contributed by atoms with Gasteiger partial charge in [0.2, 0.25) is 0 Å². The average molecular weight is 223 g/mol. The molecule has 0 amide bonds. The first-order valence-corrected chi connectivity index (χ1v) is 5.99. The molecule has 0 unspecified atom stereocenters. The van der Waals surface area contributed by atoms with E-state index >= 15 is 0 Å². The highest BCUT2D eigenvalue weighted by Crippen LogP contribution is 2.24. The molecule has 0 saturated heterocycles. The minimum absolute atomic E-state index is 0.194. The van der Waals surface area contributed by atoms with E-state index in [0.29, 0.717) is 6.61 Å². The van der Waals surface area contributed by atoms with Crippen molar-refractivity contribution in [2.24, 2.45) is 0 Å². The number of carbonyl (C=O) groups is 1. The number of carbonyl (C=O) groups excluding carboxylic acids is 1. The first kappa shape index (κ1) is 12.8. The minimum Gasteiger partial charge on any atom is -0.461 e. The number of likely N-dealkylation sites (N-methyl/N-ethyl adjacent to an activating group) is 1. The van der Waals surface area contributed by atoms with Crippen molar-refractivity contribution in [3.05, 3.63) is 23.5 Å². The molecular formula is C13H21NO2. The van der Waals surface area contributed by atoms with Crippen LogP contribution < -0.4 is 0 Å². The second-order valence-electron chi connectivity index (χ2n) is 3.98. The zero-order valence-corrected chi connectivity index (χ0v) is 10.5. The summed E-state index contributed by atoms with van der Waals surface area (Å²) in [6, 6.07) is 0. The smallest absolute Gasteiger partial charge is 0.354 e. The van der Waals surface area contributed by atoms with Crippen LogP contribution in [0.5, 0.6) is 0 Å². The Bertz CT molecular complexity index is 305. The van der Waals surface area contributed by atoms with Gasteiger partial charge in [-0.1, -0.05) is 19.4 Å². The van der Waals surface area contributed by atoms with Crippen LogP contribution in [0.3, 0.4) is 0 Å². The van der Waals surface area contributed by atoms with E-state index in [1.54, 1.807) is 0 Å². The molecule has 0 spiro atoms. The number of nitrogens with zero attached hydrogens (tertiary/aromatic N) is 1. The van der Waals surface area contributed by atoms with Crippen LogP contribution in [0.25, 0.3) is 0 Å². The molecule has 16 heavy (non-hydrogen) atoms. The molecule has 0 N–H and O–H groups in total. The summed E-state index contributed by atoms with van der Waals surface area (Å²) in [4.78, 5) is 13.7. The van der Waals surface area contributed by atoms with Crippen molar-refractivity contribution in [3.63, 3.8) is 0 Å². The Morgan fingerprint density at radius 1 is 1.50 bits per heavy atom. The molecule has 1 aliphatic heterocycles. The Morgan fingerprint density at radius 3 is 2.88 bits per heavy atom. The summed E-state index contributed by atoms with van der Waals surface area (Å²) in [5.41, 5.74) is 1.93. The van der Waals surface area contributed by atoms with Crippen molar-refractivity contribution in [2.75, 3.05) is 13.7 Å². The molecule has 1 rings (SSSR count). The van der Waals surface area contributed by atoms with Gasteiger partial charge in [-0.25, -0.2) is 4.79 Å². The van der Waals surface area contributed by atoms with E-state index in [0.717, 1.165) is 31.4 Å². The van der Waals surface area contributed by atoms with Crippen molar-refractivity contribution in [1.29, 1.82) is 0 Å². The van der Waals surface area contributed by atoms with Crippen LogP contribution in [-0.2, 0) is 9.53 Å². The molecule has 0 aromatic heterocycles. The summed E-state index contributed by atoms with van der Waals surface area (Å²) < 4.78 is 5.09. The summed E-state index contributed by atoms with van der Waals surface area (Å²) in [5, 5.41) is 0. The number of hydrogen-bond acceptors (Lipinski definition) is 3. The van der Waals surface area contributed by atoms with Gasteiger partial charge in [-0.05, 0) is 31.8 Å². The molecule has 90 valence electrons. The monoisotopic (exact) mass is 223 g/mol. The van der Waals surface area contributed by atoms with Gasteiger partial charge < -0.3 is 9.64 Å². The number of esters is 1. The van der Waals surface area contributed by atoms with E-state index in [4.69, 9.17) is 4.74 Å². The van der Waals surface area contributed by atoms with E-state index in [-0.39, 0.29) is 5.97 Å². The highest BCUT2D eigenvalue weighted by molar-refractivity contribution is 5.89. The van der Waals surface area contributed by atoms with E-state index < -0.39 is 0 Å². The maximum atomic E-state index is 11.8. The normalized spacial score (nSPS) is 15.6. The van der Waals surface area contributed by atoms with Crippen molar-refractivity contribution in [1.82, 2.24) is 4.90 Å². The quantitative estimate of drug-likeness (QED) is 0.671. The number of unbranched alkanes of at least 4 members (excludes halogenated alkanes) is 1. The zero-order valence-electron chi connectivity index (χ0n) is 10.5. The Kier molecular flexibility index (Phi) is 5.09. The van der Waals surface area contributed by atoms with Crippen LogP contribution in [0.4, 0.5) is 0 Å². The highest BCUT2D eigenvalue weighted by Gasteiger charge is 2.21. The summed E-state index contributed by atoms with van der Waals surface area (Å²) in [5.74, 6) is -0.194. The average Bonchev–Trinajstić information content (AvgIpc) is 2.26. The Labute approximate surface area is 97.8 Å². The van der Waals surface area contributed by atoms with Gasteiger partial charge >= 0.3 is 5.97 Å². The largest absolute Gasteiger partial charge is 0.461 e. The zero-order chi connectivity index (χ0) is 12.0. The maximum Gasteiger partial charge on any atom is 0.354 e. The van der Waals surface area contributed by atoms with E-state index in [1.807, 2.05) is 25.1 Å². The molecule has 3 heteroatoms. The molecule has 0 aromatic rings. The van der Waals surface area contributed by atoms with E-state index in [9.17, 15) is 4.79 Å². The van der Waals surface area contributed by atoms with Crippen LogP contribution in [-0.4, -0.2) is 24.5 Å². The molecule has 1 heterocycles. The topological polar surface area (TPSA) is 29.5 Å². The molecule has 0 aliphatic carbocycles. The van der Waals surface area contributed by atoms with Crippen LogP contribution in [0.1, 0.15) is 39.5 Å². The van der Waals surface area contributed by atoms with Crippen molar-refractivity contribution < 1.29 is 9.53 Å². The lowest BCUT2D eigenvalue weighted by Crippen LogP contribution is -2.24. The lowest BCUT2D eigenvalue weighted by molar-refractivity contribution is -0.140. The van der Waals surface area contributed by atoms with Crippen LogP contribution in [0, 0.1) is 0 Å². The first-order chi connectivity index (χ1) is 7.70. The molecule has 1 aliphatic rings. The van der Waals surface area contributed by atoms with Crippen molar-refractivity contribution in [2.45, 2.75) is 39.5 Å². The minimum atomic E-state index is -0.194. The van der Waals surface area contributed by atoms with Gasteiger partial charge in [0.1, 0.15) is 5.70 Å². The fourth-order valence-corrected chi connectivity index (χ4v) is 1.87. The molecule has 0 radical (unpaired) electrons. The third kappa shape index (κ3) is 3.12. The molecule has 0 saturated carbocycles. The van der Waals surface area contributed by atoms with E-state index in [2.05, 4.69) is 13.0 Å². The van der Waals surface area contributed by atoms with Gasteiger partial charge in [0.05, 0.1) is 6.61 Å². The Morgan fingerprint density at radius 2 is 2.25 bits per heavy atom. The summed E-state index contributed by atoms with van der Waals surface area (Å²) >= 11 is 0. The third-order valence-corrected chi connectivity index (χ3v) is 2.68. The Balaban J connectivity index is 2.82. The SMILES string of the molecule is CCCCC1=C(C(=O)OCC)N(C)C=CC1. The fourth-order valence-electron chi connectivity index (χ4n) is 1.87. The third-order valence-electron chi connectivity index (χ3n) is 2.68. The standard InChI is InChI=1S/C13H21NO2/c1-4-6-8-11-9-7-10-14(3)12(11)13(15)16-5-2/h7,10H,4-6,8-9H2,1-3H3. The molecule has 0 atom stereocenters. The van der Waals surface area contributed by atoms with E-state index in [1.165, 1.54) is 5.57 Å². The maximum absolute atomic E-state index is 11.8. The van der Waals surface area contributed by atoms with Gasteiger partial charge in [0, 0.05) is 13.2 Å².